The molecule has 0 atom stereocenters. The van der Waals surface area contributed by atoms with Crippen molar-refractivity contribution in [3.63, 3.8) is 0 Å². The van der Waals surface area contributed by atoms with Crippen LogP contribution in [0.15, 0.2) is 154 Å². The average molecular weight is 651 g/mol. The van der Waals surface area contributed by atoms with E-state index in [9.17, 15) is 0 Å². The highest BCUT2D eigenvalue weighted by molar-refractivity contribution is 9.10. The largest absolute Gasteiger partial charge is 0.456 e. The minimum atomic E-state index is -0.414. The smallest absolute Gasteiger partial charge is 0.136 e. The molecule has 7 aromatic carbocycles. The molecule has 0 saturated carbocycles. The number of benzene rings is 7. The molecule has 0 amide bonds. The summed E-state index contributed by atoms with van der Waals surface area (Å²) in [6, 6.07) is 53.5. The number of halogens is 1. The molecule has 46 heavy (non-hydrogen) atoms. The van der Waals surface area contributed by atoms with Gasteiger partial charge in [-0.15, -0.1) is 0 Å². The van der Waals surface area contributed by atoms with Crippen LogP contribution < -0.4 is 0 Å². The molecule has 11 rings (SSSR count). The second kappa shape index (κ2) is 8.66. The Morgan fingerprint density at radius 2 is 1.13 bits per heavy atom. The van der Waals surface area contributed by atoms with Crippen molar-refractivity contribution < 1.29 is 4.42 Å². The monoisotopic (exact) mass is 649 g/mol. The van der Waals surface area contributed by atoms with Crippen molar-refractivity contribution >= 4 is 59.7 Å². The molecular formula is C43H24BrNO. The lowest BCUT2D eigenvalue weighted by Crippen LogP contribution is -2.26. The molecule has 2 aromatic heterocycles. The number of rotatable bonds is 1. The molecule has 214 valence electrons. The summed E-state index contributed by atoms with van der Waals surface area (Å²) in [5, 5.41) is 4.79. The normalized spacial score (nSPS) is 13.9. The van der Waals surface area contributed by atoms with Gasteiger partial charge in [0.25, 0.3) is 0 Å². The van der Waals surface area contributed by atoms with Crippen LogP contribution in [0.4, 0.5) is 0 Å². The highest BCUT2D eigenvalue weighted by Gasteiger charge is 2.52. The van der Waals surface area contributed by atoms with Gasteiger partial charge in [0.15, 0.2) is 0 Å². The molecule has 0 unspecified atom stereocenters. The number of para-hydroxylation sites is 1. The molecule has 1 spiro atoms. The van der Waals surface area contributed by atoms with Gasteiger partial charge in [-0.25, -0.2) is 0 Å². The van der Waals surface area contributed by atoms with Crippen molar-refractivity contribution in [1.29, 1.82) is 0 Å². The number of fused-ring (bicyclic) bond motifs is 17. The summed E-state index contributed by atoms with van der Waals surface area (Å²) in [6.07, 6.45) is 0. The molecule has 0 radical (unpaired) electrons. The lowest BCUT2D eigenvalue weighted by Gasteiger charge is -2.31. The zero-order valence-electron chi connectivity index (χ0n) is 24.6. The standard InChI is InChI=1S/C43H24BrNO/c44-35-17-9-19-39-40(35)31-24-25(20-23-38(31)46-39)45-36-18-8-4-13-30(36)41-37(45)22-21-29-28-12-3-7-16-34(28)43(42(29)41)32-14-5-1-10-26(32)27-11-2-6-15-33(27)43/h1-24H. The zero-order chi connectivity index (χ0) is 30.1. The molecule has 3 heteroatoms. The highest BCUT2D eigenvalue weighted by Crippen LogP contribution is 2.64. The van der Waals surface area contributed by atoms with E-state index in [4.69, 9.17) is 4.42 Å². The molecule has 0 fully saturated rings. The van der Waals surface area contributed by atoms with Crippen LogP contribution in [0.2, 0.25) is 0 Å². The molecule has 2 aliphatic rings. The third-order valence-corrected chi connectivity index (χ3v) is 11.1. The van der Waals surface area contributed by atoms with Gasteiger partial charge in [0, 0.05) is 31.7 Å². The van der Waals surface area contributed by atoms with E-state index in [2.05, 4.69) is 154 Å². The first kappa shape index (κ1) is 24.9. The lowest BCUT2D eigenvalue weighted by molar-refractivity contribution is 0.669. The maximum absolute atomic E-state index is 6.27. The Balaban J connectivity index is 1.32. The van der Waals surface area contributed by atoms with Gasteiger partial charge in [-0.3, -0.25) is 0 Å². The number of hydrogen-bond acceptors (Lipinski definition) is 1. The SMILES string of the molecule is Brc1cccc2oc3ccc(-n4c5ccccc5c5c6c(ccc54)-c4ccccc4C64c5ccccc5-c5ccccc54)cc3c12. The molecule has 0 aliphatic heterocycles. The Kier molecular flexibility index (Phi) is 4.68. The minimum absolute atomic E-state index is 0.414. The zero-order valence-corrected chi connectivity index (χ0v) is 26.2. The van der Waals surface area contributed by atoms with Gasteiger partial charge in [-0.1, -0.05) is 119 Å². The molecule has 9 aromatic rings. The fourth-order valence-electron chi connectivity index (χ4n) is 8.84. The van der Waals surface area contributed by atoms with Crippen LogP contribution in [0.25, 0.3) is 71.7 Å². The van der Waals surface area contributed by atoms with E-state index in [-0.39, 0.29) is 0 Å². The van der Waals surface area contributed by atoms with Crippen molar-refractivity contribution in [1.82, 2.24) is 4.57 Å². The van der Waals surface area contributed by atoms with Crippen LogP contribution in [0.1, 0.15) is 22.3 Å². The second-order valence-electron chi connectivity index (χ2n) is 12.5. The number of aromatic nitrogens is 1. The van der Waals surface area contributed by atoms with Crippen molar-refractivity contribution in [2.24, 2.45) is 0 Å². The maximum atomic E-state index is 6.27. The molecule has 2 heterocycles. The Morgan fingerprint density at radius 3 is 1.87 bits per heavy atom. The third-order valence-electron chi connectivity index (χ3n) is 10.5. The summed E-state index contributed by atoms with van der Waals surface area (Å²) in [4.78, 5) is 0. The Morgan fingerprint density at radius 1 is 0.478 bits per heavy atom. The maximum Gasteiger partial charge on any atom is 0.136 e. The van der Waals surface area contributed by atoms with Gasteiger partial charge in [-0.05, 0) is 87.0 Å². The number of furan rings is 1. The predicted octanol–water partition coefficient (Wildman–Crippen LogP) is 11.8. The van der Waals surface area contributed by atoms with Crippen molar-refractivity contribution in [2.75, 3.05) is 0 Å². The van der Waals surface area contributed by atoms with E-state index in [0.29, 0.717) is 0 Å². The van der Waals surface area contributed by atoms with Gasteiger partial charge in [0.1, 0.15) is 11.2 Å². The molecule has 0 bridgehead atoms. The van der Waals surface area contributed by atoms with Gasteiger partial charge in [0.05, 0.1) is 16.4 Å². The average Bonchev–Trinajstić information content (AvgIpc) is 3.82. The van der Waals surface area contributed by atoms with Crippen LogP contribution in [0.5, 0.6) is 0 Å². The van der Waals surface area contributed by atoms with E-state index in [1.807, 2.05) is 12.1 Å². The van der Waals surface area contributed by atoms with E-state index < -0.39 is 5.41 Å². The summed E-state index contributed by atoms with van der Waals surface area (Å²) in [5.74, 6) is 0. The van der Waals surface area contributed by atoms with Crippen LogP contribution in [-0.4, -0.2) is 4.57 Å². The first-order valence-electron chi connectivity index (χ1n) is 15.7. The fraction of sp³-hybridized carbons (Fsp3) is 0.0233. The minimum Gasteiger partial charge on any atom is -0.456 e. The molecular weight excluding hydrogens is 626 g/mol. The summed E-state index contributed by atoms with van der Waals surface area (Å²) in [6.45, 7) is 0. The van der Waals surface area contributed by atoms with Crippen molar-refractivity contribution in [3.05, 3.63) is 172 Å². The molecule has 2 aliphatic carbocycles. The van der Waals surface area contributed by atoms with Gasteiger partial charge >= 0.3 is 0 Å². The van der Waals surface area contributed by atoms with E-state index >= 15 is 0 Å². The van der Waals surface area contributed by atoms with Crippen LogP contribution in [0.3, 0.4) is 0 Å². The van der Waals surface area contributed by atoms with Crippen LogP contribution in [0, 0.1) is 0 Å². The third kappa shape index (κ3) is 2.84. The summed E-state index contributed by atoms with van der Waals surface area (Å²) in [7, 11) is 0. The topological polar surface area (TPSA) is 18.1 Å². The quantitative estimate of drug-likeness (QED) is 0.173. The van der Waals surface area contributed by atoms with E-state index in [0.717, 1.165) is 32.1 Å². The Labute approximate surface area is 273 Å². The van der Waals surface area contributed by atoms with E-state index in [1.165, 1.54) is 66.3 Å². The van der Waals surface area contributed by atoms with Gasteiger partial charge < -0.3 is 8.98 Å². The molecule has 0 saturated heterocycles. The van der Waals surface area contributed by atoms with Gasteiger partial charge in [-0.2, -0.15) is 0 Å². The molecule has 2 nitrogen and oxygen atoms in total. The first-order chi connectivity index (χ1) is 22.7. The summed E-state index contributed by atoms with van der Waals surface area (Å²) < 4.78 is 9.76. The fourth-order valence-corrected chi connectivity index (χ4v) is 9.40. The first-order valence-corrected chi connectivity index (χ1v) is 16.5. The van der Waals surface area contributed by atoms with Gasteiger partial charge in [0.2, 0.25) is 0 Å². The second-order valence-corrected chi connectivity index (χ2v) is 13.4. The Hall–Kier alpha value is -5.38. The van der Waals surface area contributed by atoms with Crippen molar-refractivity contribution in [3.8, 4) is 27.9 Å². The van der Waals surface area contributed by atoms with Crippen LogP contribution >= 0.6 is 15.9 Å². The number of hydrogen-bond donors (Lipinski definition) is 0. The molecule has 0 N–H and O–H groups in total. The van der Waals surface area contributed by atoms with Crippen LogP contribution in [-0.2, 0) is 5.41 Å². The summed E-state index contributed by atoms with van der Waals surface area (Å²) >= 11 is 3.79. The lowest BCUT2D eigenvalue weighted by atomic mass is 9.69. The van der Waals surface area contributed by atoms with Crippen molar-refractivity contribution in [2.45, 2.75) is 5.41 Å². The Bertz CT molecular complexity index is 2720. The highest BCUT2D eigenvalue weighted by atomic mass is 79.9. The van der Waals surface area contributed by atoms with E-state index in [1.54, 1.807) is 0 Å². The predicted molar refractivity (Wildman–Crippen MR) is 192 cm³/mol. The summed E-state index contributed by atoms with van der Waals surface area (Å²) in [5.41, 5.74) is 15.6. The number of nitrogens with zero attached hydrogens (tertiary/aromatic N) is 1.